The van der Waals surface area contributed by atoms with E-state index in [4.69, 9.17) is 0 Å². The highest BCUT2D eigenvalue weighted by molar-refractivity contribution is 6.35. The third kappa shape index (κ3) is 4.47. The highest BCUT2D eigenvalue weighted by atomic mass is 16.2. The van der Waals surface area contributed by atoms with Crippen LogP contribution in [0.1, 0.15) is 19.3 Å². The smallest absolute Gasteiger partial charge is 0.312 e. The Morgan fingerprint density at radius 2 is 1.81 bits per heavy atom. The van der Waals surface area contributed by atoms with Crippen molar-refractivity contribution in [1.29, 1.82) is 0 Å². The van der Waals surface area contributed by atoms with E-state index in [0.29, 0.717) is 58.1 Å². The van der Waals surface area contributed by atoms with E-state index < -0.39 is 11.8 Å². The van der Waals surface area contributed by atoms with Crippen LogP contribution in [-0.2, 0) is 14.4 Å². The molecule has 0 spiro atoms. The summed E-state index contributed by atoms with van der Waals surface area (Å²) in [5, 5.41) is 2.66. The number of rotatable bonds is 5. The van der Waals surface area contributed by atoms with Crippen LogP contribution in [-0.4, -0.2) is 83.3 Å². The van der Waals surface area contributed by atoms with Crippen molar-refractivity contribution in [1.82, 2.24) is 25.1 Å². The first kappa shape index (κ1) is 18.1. The average molecular weight is 360 g/mol. The first-order chi connectivity index (χ1) is 12.6. The van der Waals surface area contributed by atoms with Gasteiger partial charge in [-0.1, -0.05) is 0 Å². The fraction of sp³-hybridized carbons (Fsp3) is 0.588. The Labute approximate surface area is 152 Å². The Morgan fingerprint density at radius 3 is 2.46 bits per heavy atom. The minimum atomic E-state index is -0.581. The zero-order valence-corrected chi connectivity index (χ0v) is 14.8. The highest BCUT2D eigenvalue weighted by Gasteiger charge is 2.26. The van der Waals surface area contributed by atoms with Gasteiger partial charge in [0.15, 0.2) is 0 Å². The normalized spacial score (nSPS) is 17.5. The number of piperazine rings is 1. The van der Waals surface area contributed by atoms with Crippen molar-refractivity contribution in [2.45, 2.75) is 19.3 Å². The van der Waals surface area contributed by atoms with E-state index in [1.165, 1.54) is 0 Å². The molecule has 0 radical (unpaired) electrons. The third-order valence-corrected chi connectivity index (χ3v) is 4.66. The Kier molecular flexibility index (Phi) is 5.98. The summed E-state index contributed by atoms with van der Waals surface area (Å²) in [4.78, 5) is 49.5. The predicted molar refractivity (Wildman–Crippen MR) is 94.3 cm³/mol. The zero-order valence-electron chi connectivity index (χ0n) is 14.8. The van der Waals surface area contributed by atoms with E-state index >= 15 is 0 Å². The number of carbonyl (C=O) groups is 3. The van der Waals surface area contributed by atoms with Crippen LogP contribution in [0.2, 0.25) is 0 Å². The monoisotopic (exact) mass is 360 g/mol. The van der Waals surface area contributed by atoms with Crippen LogP contribution in [0.25, 0.3) is 0 Å². The number of carbonyl (C=O) groups excluding carboxylic acids is 3. The first-order valence-corrected chi connectivity index (χ1v) is 9.02. The lowest BCUT2D eigenvalue weighted by Gasteiger charge is -2.34. The van der Waals surface area contributed by atoms with Crippen molar-refractivity contribution in [2.75, 3.05) is 50.7 Å². The number of hydrogen-bond acceptors (Lipinski definition) is 6. The maximum Gasteiger partial charge on any atom is 0.312 e. The van der Waals surface area contributed by atoms with Crippen molar-refractivity contribution in [3.8, 4) is 0 Å². The quantitative estimate of drug-likeness (QED) is 0.548. The minimum Gasteiger partial charge on any atom is -0.348 e. The lowest BCUT2D eigenvalue weighted by molar-refractivity contribution is -0.146. The van der Waals surface area contributed by atoms with Crippen LogP contribution in [0.3, 0.4) is 0 Å². The molecule has 3 rings (SSSR count). The van der Waals surface area contributed by atoms with Crippen LogP contribution in [0, 0.1) is 0 Å². The van der Waals surface area contributed by atoms with Gasteiger partial charge in [-0.25, -0.2) is 9.97 Å². The molecule has 26 heavy (non-hydrogen) atoms. The van der Waals surface area contributed by atoms with Gasteiger partial charge in [0, 0.05) is 64.6 Å². The van der Waals surface area contributed by atoms with Gasteiger partial charge in [-0.3, -0.25) is 14.4 Å². The lowest BCUT2D eigenvalue weighted by atomic mass is 10.3. The molecule has 2 aliphatic rings. The molecule has 2 saturated heterocycles. The molecule has 1 aromatic rings. The van der Waals surface area contributed by atoms with Gasteiger partial charge in [0.2, 0.25) is 11.9 Å². The van der Waals surface area contributed by atoms with Crippen molar-refractivity contribution in [2.24, 2.45) is 0 Å². The number of aromatic nitrogens is 2. The molecule has 3 heterocycles. The molecule has 1 N–H and O–H groups in total. The molecule has 0 bridgehead atoms. The van der Waals surface area contributed by atoms with Gasteiger partial charge >= 0.3 is 11.8 Å². The standard InChI is InChI=1S/C17H24N6O3/c24-14-4-1-8-21(14)9-3-7-18-15(25)16(26)22-10-12-23(13-11-22)17-19-5-2-6-20-17/h2,5-6H,1,3-4,7-13H2,(H,18,25). The molecule has 0 aromatic carbocycles. The second-order valence-corrected chi connectivity index (χ2v) is 6.42. The van der Waals surface area contributed by atoms with Crippen LogP contribution >= 0.6 is 0 Å². The molecule has 2 fully saturated rings. The van der Waals surface area contributed by atoms with Gasteiger partial charge < -0.3 is 20.0 Å². The van der Waals surface area contributed by atoms with Gasteiger partial charge in [-0.15, -0.1) is 0 Å². The molecule has 3 amide bonds. The lowest BCUT2D eigenvalue weighted by Crippen LogP contribution is -2.53. The van der Waals surface area contributed by atoms with Gasteiger partial charge in [0.1, 0.15) is 0 Å². The van der Waals surface area contributed by atoms with Crippen LogP contribution in [0.5, 0.6) is 0 Å². The van der Waals surface area contributed by atoms with Crippen LogP contribution < -0.4 is 10.2 Å². The summed E-state index contributed by atoms with van der Waals surface area (Å²) < 4.78 is 0. The SMILES string of the molecule is O=C(NCCCN1CCCC1=O)C(=O)N1CCN(c2ncccn2)CC1. The highest BCUT2D eigenvalue weighted by Crippen LogP contribution is 2.10. The van der Waals surface area contributed by atoms with Crippen LogP contribution in [0.4, 0.5) is 5.95 Å². The average Bonchev–Trinajstić information content (AvgIpc) is 3.10. The third-order valence-electron chi connectivity index (χ3n) is 4.66. The van der Waals surface area contributed by atoms with Gasteiger partial charge in [-0.05, 0) is 18.9 Å². The van der Waals surface area contributed by atoms with Gasteiger partial charge in [0.25, 0.3) is 0 Å². The van der Waals surface area contributed by atoms with Crippen molar-refractivity contribution in [3.05, 3.63) is 18.5 Å². The summed E-state index contributed by atoms with van der Waals surface area (Å²) in [6.07, 6.45) is 5.55. The summed E-state index contributed by atoms with van der Waals surface area (Å²) in [6.45, 7) is 3.94. The maximum absolute atomic E-state index is 12.2. The number of likely N-dealkylation sites (tertiary alicyclic amines) is 1. The van der Waals surface area contributed by atoms with Crippen molar-refractivity contribution < 1.29 is 14.4 Å². The Hall–Kier alpha value is -2.71. The molecule has 9 nitrogen and oxygen atoms in total. The summed E-state index contributed by atoms with van der Waals surface area (Å²) in [6, 6.07) is 1.76. The van der Waals surface area contributed by atoms with Crippen LogP contribution in [0.15, 0.2) is 18.5 Å². The summed E-state index contributed by atoms with van der Waals surface area (Å²) >= 11 is 0. The molecule has 0 unspecified atom stereocenters. The number of hydrogen-bond donors (Lipinski definition) is 1. The van der Waals surface area contributed by atoms with Gasteiger partial charge in [0.05, 0.1) is 0 Å². The molecule has 140 valence electrons. The molecule has 2 aliphatic heterocycles. The minimum absolute atomic E-state index is 0.174. The topological polar surface area (TPSA) is 98.7 Å². The number of nitrogens with zero attached hydrogens (tertiary/aromatic N) is 5. The van der Waals surface area contributed by atoms with E-state index in [1.807, 2.05) is 4.90 Å². The Balaban J connectivity index is 1.36. The predicted octanol–water partition coefficient (Wildman–Crippen LogP) is -0.746. The molecular formula is C17H24N6O3. The fourth-order valence-corrected chi connectivity index (χ4v) is 3.20. The van der Waals surface area contributed by atoms with Crippen molar-refractivity contribution in [3.63, 3.8) is 0 Å². The van der Waals surface area contributed by atoms with E-state index in [9.17, 15) is 14.4 Å². The molecule has 0 saturated carbocycles. The second kappa shape index (κ2) is 8.59. The number of nitrogens with one attached hydrogen (secondary N) is 1. The molecule has 9 heteroatoms. The number of anilines is 1. The van der Waals surface area contributed by atoms with E-state index in [2.05, 4.69) is 15.3 Å². The molecule has 0 aliphatic carbocycles. The zero-order chi connectivity index (χ0) is 18.4. The molecule has 1 aromatic heterocycles. The largest absolute Gasteiger partial charge is 0.348 e. The fourth-order valence-electron chi connectivity index (χ4n) is 3.20. The molecular weight excluding hydrogens is 336 g/mol. The van der Waals surface area contributed by atoms with E-state index in [-0.39, 0.29) is 5.91 Å². The number of amides is 3. The summed E-state index contributed by atoms with van der Waals surface area (Å²) in [5.41, 5.74) is 0. The first-order valence-electron chi connectivity index (χ1n) is 9.02. The summed E-state index contributed by atoms with van der Waals surface area (Å²) in [7, 11) is 0. The van der Waals surface area contributed by atoms with Gasteiger partial charge in [-0.2, -0.15) is 0 Å². The second-order valence-electron chi connectivity index (χ2n) is 6.42. The van der Waals surface area contributed by atoms with E-state index in [0.717, 1.165) is 13.0 Å². The van der Waals surface area contributed by atoms with E-state index in [1.54, 1.807) is 28.3 Å². The van der Waals surface area contributed by atoms with Crippen molar-refractivity contribution >= 4 is 23.7 Å². The Morgan fingerprint density at radius 1 is 1.08 bits per heavy atom. The summed E-state index contributed by atoms with van der Waals surface area (Å²) in [5.74, 6) is -0.272. The molecule has 0 atom stereocenters. The maximum atomic E-state index is 12.2. The Bertz CT molecular complexity index is 645.